The number of carbonyl (C=O) groups is 1. The number of rotatable bonds is 9. The average Bonchev–Trinajstić information content (AvgIpc) is 2.90. The highest BCUT2D eigenvalue weighted by atomic mass is 35.5. The Balaban J connectivity index is 0.00000242. The first-order valence-corrected chi connectivity index (χ1v) is 8.57. The van der Waals surface area contributed by atoms with Crippen molar-refractivity contribution in [2.24, 2.45) is 11.1 Å². The summed E-state index contributed by atoms with van der Waals surface area (Å²) >= 11 is 1.50. The van der Waals surface area contributed by atoms with Crippen LogP contribution in [0.25, 0.3) is 0 Å². The molecule has 1 aliphatic carbocycles. The van der Waals surface area contributed by atoms with Gasteiger partial charge in [-0.25, -0.2) is 4.98 Å². The zero-order chi connectivity index (χ0) is 15.1. The van der Waals surface area contributed by atoms with Crippen LogP contribution in [0.5, 0.6) is 0 Å². The molecule has 1 aromatic rings. The molecule has 1 amide bonds. The fraction of sp³-hybridized carbons (Fsp3) is 0.733. The summed E-state index contributed by atoms with van der Waals surface area (Å²) in [7, 11) is 0. The second-order valence-corrected chi connectivity index (χ2v) is 6.59. The fourth-order valence-electron chi connectivity index (χ4n) is 2.64. The molecule has 1 aliphatic rings. The third kappa shape index (κ3) is 5.19. The maximum atomic E-state index is 12.1. The SMILES string of the molecule is CCOCCC1(CNC(=O)c2csc(CCN)n2)CCC1.Cl. The summed E-state index contributed by atoms with van der Waals surface area (Å²) in [5.74, 6) is -0.0720. The van der Waals surface area contributed by atoms with Gasteiger partial charge in [-0.1, -0.05) is 6.42 Å². The van der Waals surface area contributed by atoms with Crippen LogP contribution in [0.2, 0.25) is 0 Å². The highest BCUT2D eigenvalue weighted by Gasteiger charge is 2.36. The molecule has 7 heteroatoms. The van der Waals surface area contributed by atoms with Crippen LogP contribution >= 0.6 is 23.7 Å². The number of nitrogens with two attached hydrogens (primary N) is 1. The van der Waals surface area contributed by atoms with E-state index in [1.807, 2.05) is 12.3 Å². The van der Waals surface area contributed by atoms with Crippen LogP contribution in [0.3, 0.4) is 0 Å². The third-order valence-electron chi connectivity index (χ3n) is 4.16. The van der Waals surface area contributed by atoms with Gasteiger partial charge in [0, 0.05) is 31.6 Å². The second-order valence-electron chi connectivity index (χ2n) is 5.65. The van der Waals surface area contributed by atoms with Crippen molar-refractivity contribution in [3.63, 3.8) is 0 Å². The van der Waals surface area contributed by atoms with Crippen molar-refractivity contribution in [2.45, 2.75) is 39.0 Å². The van der Waals surface area contributed by atoms with Crippen LogP contribution in [-0.4, -0.2) is 37.2 Å². The van der Waals surface area contributed by atoms with Crippen molar-refractivity contribution < 1.29 is 9.53 Å². The van der Waals surface area contributed by atoms with Gasteiger partial charge in [0.05, 0.1) is 5.01 Å². The maximum Gasteiger partial charge on any atom is 0.270 e. The van der Waals surface area contributed by atoms with Crippen molar-refractivity contribution in [3.8, 4) is 0 Å². The van der Waals surface area contributed by atoms with Gasteiger partial charge < -0.3 is 15.8 Å². The molecular formula is C15H26ClN3O2S. The average molecular weight is 348 g/mol. The topological polar surface area (TPSA) is 77.2 Å². The Morgan fingerprint density at radius 3 is 2.91 bits per heavy atom. The van der Waals surface area contributed by atoms with E-state index in [2.05, 4.69) is 10.3 Å². The molecule has 5 nitrogen and oxygen atoms in total. The van der Waals surface area contributed by atoms with Crippen molar-refractivity contribution in [1.82, 2.24) is 10.3 Å². The van der Waals surface area contributed by atoms with Gasteiger partial charge in [0.15, 0.2) is 0 Å². The Kier molecular flexibility index (Phi) is 8.31. The van der Waals surface area contributed by atoms with E-state index in [1.165, 1.54) is 30.6 Å². The first kappa shape index (κ1) is 19.4. The number of amides is 1. The Hall–Kier alpha value is -0.690. The Morgan fingerprint density at radius 2 is 2.32 bits per heavy atom. The van der Waals surface area contributed by atoms with E-state index in [9.17, 15) is 4.79 Å². The minimum Gasteiger partial charge on any atom is -0.382 e. The fourth-order valence-corrected chi connectivity index (χ4v) is 3.43. The molecule has 0 atom stereocenters. The standard InChI is InChI=1S/C15H25N3O2S.ClH/c1-2-20-9-7-15(5-3-6-15)11-17-14(19)12-10-21-13(18-12)4-8-16;/h10H,2-9,11,16H2,1H3,(H,17,19);1H. The molecule has 0 unspecified atom stereocenters. The Bertz CT molecular complexity index is 463. The summed E-state index contributed by atoms with van der Waals surface area (Å²) in [5.41, 5.74) is 6.25. The van der Waals surface area contributed by atoms with Crippen LogP contribution in [0.4, 0.5) is 0 Å². The molecule has 0 bridgehead atoms. The van der Waals surface area contributed by atoms with E-state index >= 15 is 0 Å². The quantitative estimate of drug-likeness (QED) is 0.672. The molecule has 0 saturated heterocycles. The van der Waals surface area contributed by atoms with Gasteiger partial charge in [-0.3, -0.25) is 4.79 Å². The molecule has 3 N–H and O–H groups in total. The number of thiazole rings is 1. The largest absolute Gasteiger partial charge is 0.382 e. The van der Waals surface area contributed by atoms with Crippen LogP contribution in [0.1, 0.15) is 48.1 Å². The molecule has 1 aromatic heterocycles. The van der Waals surface area contributed by atoms with Gasteiger partial charge in [-0.05, 0) is 38.1 Å². The van der Waals surface area contributed by atoms with E-state index in [0.717, 1.165) is 37.6 Å². The van der Waals surface area contributed by atoms with Crippen molar-refractivity contribution in [3.05, 3.63) is 16.1 Å². The summed E-state index contributed by atoms with van der Waals surface area (Å²) in [6.45, 7) is 4.84. The smallest absolute Gasteiger partial charge is 0.270 e. The molecule has 1 fully saturated rings. The molecule has 2 rings (SSSR count). The predicted octanol–water partition coefficient (Wildman–Crippen LogP) is 2.39. The summed E-state index contributed by atoms with van der Waals surface area (Å²) in [4.78, 5) is 16.5. The van der Waals surface area contributed by atoms with Gasteiger partial charge in [-0.15, -0.1) is 23.7 Å². The first-order valence-electron chi connectivity index (χ1n) is 7.69. The zero-order valence-corrected chi connectivity index (χ0v) is 14.7. The van der Waals surface area contributed by atoms with Gasteiger partial charge >= 0.3 is 0 Å². The number of nitrogens with zero attached hydrogens (tertiary/aromatic N) is 1. The van der Waals surface area contributed by atoms with Gasteiger partial charge in [0.1, 0.15) is 5.69 Å². The Morgan fingerprint density at radius 1 is 1.55 bits per heavy atom. The molecule has 1 saturated carbocycles. The predicted molar refractivity (Wildman–Crippen MR) is 91.8 cm³/mol. The van der Waals surface area contributed by atoms with Crippen molar-refractivity contribution in [1.29, 1.82) is 0 Å². The first-order chi connectivity index (χ1) is 10.2. The van der Waals surface area contributed by atoms with Crippen LogP contribution in [0, 0.1) is 5.41 Å². The lowest BCUT2D eigenvalue weighted by atomic mass is 9.67. The molecule has 0 radical (unpaired) electrons. The highest BCUT2D eigenvalue weighted by molar-refractivity contribution is 7.09. The zero-order valence-electron chi connectivity index (χ0n) is 13.1. The second kappa shape index (κ2) is 9.45. The molecule has 0 spiro atoms. The molecular weight excluding hydrogens is 322 g/mol. The number of halogens is 1. The highest BCUT2D eigenvalue weighted by Crippen LogP contribution is 2.43. The summed E-state index contributed by atoms with van der Waals surface area (Å²) in [6.07, 6.45) is 5.36. The van der Waals surface area contributed by atoms with Crippen molar-refractivity contribution in [2.75, 3.05) is 26.3 Å². The number of ether oxygens (including phenoxy) is 1. The monoisotopic (exact) mass is 347 g/mol. The van der Waals surface area contributed by atoms with Crippen LogP contribution in [-0.2, 0) is 11.2 Å². The van der Waals surface area contributed by atoms with E-state index < -0.39 is 0 Å². The van der Waals surface area contributed by atoms with Gasteiger partial charge in [-0.2, -0.15) is 0 Å². The normalized spacial score (nSPS) is 15.7. The molecule has 0 aliphatic heterocycles. The molecule has 22 heavy (non-hydrogen) atoms. The lowest BCUT2D eigenvalue weighted by Gasteiger charge is -2.42. The number of nitrogens with one attached hydrogen (secondary N) is 1. The lowest BCUT2D eigenvalue weighted by molar-refractivity contribution is 0.0512. The summed E-state index contributed by atoms with van der Waals surface area (Å²) in [5, 5.41) is 5.78. The molecule has 1 heterocycles. The Labute approximate surface area is 142 Å². The molecule has 126 valence electrons. The van der Waals surface area contributed by atoms with E-state index in [-0.39, 0.29) is 23.7 Å². The van der Waals surface area contributed by atoms with E-state index in [1.54, 1.807) is 0 Å². The lowest BCUT2D eigenvalue weighted by Crippen LogP contribution is -2.43. The minimum atomic E-state index is -0.0720. The molecule has 0 aromatic carbocycles. The van der Waals surface area contributed by atoms with Crippen LogP contribution < -0.4 is 11.1 Å². The number of carbonyl (C=O) groups excluding carboxylic acids is 1. The van der Waals surface area contributed by atoms with Gasteiger partial charge in [0.25, 0.3) is 5.91 Å². The van der Waals surface area contributed by atoms with Crippen molar-refractivity contribution >= 4 is 29.7 Å². The minimum absolute atomic E-state index is 0. The summed E-state index contributed by atoms with van der Waals surface area (Å²) in [6, 6.07) is 0. The van der Waals surface area contributed by atoms with E-state index in [4.69, 9.17) is 10.5 Å². The van der Waals surface area contributed by atoms with Gasteiger partial charge in [0.2, 0.25) is 0 Å². The van der Waals surface area contributed by atoms with Crippen LogP contribution in [0.15, 0.2) is 5.38 Å². The number of aromatic nitrogens is 1. The van der Waals surface area contributed by atoms with E-state index in [0.29, 0.717) is 12.2 Å². The number of hydrogen-bond donors (Lipinski definition) is 2. The summed E-state index contributed by atoms with van der Waals surface area (Å²) < 4.78 is 5.45. The number of hydrogen-bond acceptors (Lipinski definition) is 5. The maximum absolute atomic E-state index is 12.1. The third-order valence-corrected chi connectivity index (χ3v) is 5.07.